The number of carboxylic acids is 1. The molecule has 0 atom stereocenters. The molecular weight excluding hydrogens is 323 g/mol. The van der Waals surface area contributed by atoms with Crippen LogP contribution in [0.2, 0.25) is 5.02 Å². The zero-order valence-corrected chi connectivity index (χ0v) is 11.9. The molecule has 1 aromatic carbocycles. The van der Waals surface area contributed by atoms with Gasteiger partial charge in [-0.15, -0.1) is 5.10 Å². The summed E-state index contributed by atoms with van der Waals surface area (Å²) in [6, 6.07) is 2.29. The monoisotopic (exact) mass is 331 g/mol. The van der Waals surface area contributed by atoms with E-state index in [9.17, 15) is 18.0 Å². The Morgan fingerprint density at radius 2 is 2.09 bits per heavy atom. The molecule has 0 spiro atoms. The SMILES string of the molecule is Cc1cc(-c2ncn(/C=C\C(=O)O)n2)cc(C(F)(F)F)c1Cl. The minimum absolute atomic E-state index is 0.0281. The molecular formula is C13H9ClF3N3O2. The second-order valence-corrected chi connectivity index (χ2v) is 4.73. The van der Waals surface area contributed by atoms with Gasteiger partial charge in [0.1, 0.15) is 6.33 Å². The van der Waals surface area contributed by atoms with E-state index in [1.165, 1.54) is 19.3 Å². The molecule has 0 saturated heterocycles. The van der Waals surface area contributed by atoms with Crippen LogP contribution in [0.1, 0.15) is 11.1 Å². The maximum absolute atomic E-state index is 12.9. The molecule has 1 heterocycles. The van der Waals surface area contributed by atoms with Gasteiger partial charge in [0.05, 0.1) is 10.6 Å². The van der Waals surface area contributed by atoms with Crippen molar-refractivity contribution in [2.45, 2.75) is 13.1 Å². The first kappa shape index (κ1) is 16.0. The number of hydrogen-bond acceptors (Lipinski definition) is 3. The summed E-state index contributed by atoms with van der Waals surface area (Å²) in [5.41, 5.74) is -0.595. The second-order valence-electron chi connectivity index (χ2n) is 4.35. The van der Waals surface area contributed by atoms with Crippen LogP contribution in [-0.4, -0.2) is 25.8 Å². The number of aromatic nitrogens is 3. The summed E-state index contributed by atoms with van der Waals surface area (Å²) < 4.78 is 39.9. The smallest absolute Gasteiger partial charge is 0.417 e. The lowest BCUT2D eigenvalue weighted by molar-refractivity contribution is -0.137. The Bertz CT molecular complexity index is 753. The van der Waals surface area contributed by atoms with Gasteiger partial charge < -0.3 is 5.11 Å². The maximum Gasteiger partial charge on any atom is 0.417 e. The molecule has 116 valence electrons. The number of carboxylic acid groups (broad SMARTS) is 1. The third kappa shape index (κ3) is 3.45. The van der Waals surface area contributed by atoms with Gasteiger partial charge in [0, 0.05) is 17.8 Å². The third-order valence-corrected chi connectivity index (χ3v) is 3.20. The van der Waals surface area contributed by atoms with Gasteiger partial charge in [-0.05, 0) is 24.6 Å². The number of halogens is 4. The molecule has 2 rings (SSSR count). The molecule has 1 N–H and O–H groups in total. The van der Waals surface area contributed by atoms with Crippen molar-refractivity contribution in [2.75, 3.05) is 0 Å². The highest BCUT2D eigenvalue weighted by Gasteiger charge is 2.34. The first-order valence-electron chi connectivity index (χ1n) is 5.88. The molecule has 1 aromatic heterocycles. The van der Waals surface area contributed by atoms with E-state index in [2.05, 4.69) is 10.1 Å². The van der Waals surface area contributed by atoms with Crippen LogP contribution in [-0.2, 0) is 11.0 Å². The largest absolute Gasteiger partial charge is 0.478 e. The van der Waals surface area contributed by atoms with Crippen LogP contribution < -0.4 is 0 Å². The predicted octanol–water partition coefficient (Wildman–Crippen LogP) is 3.48. The zero-order chi connectivity index (χ0) is 16.5. The first-order valence-corrected chi connectivity index (χ1v) is 6.26. The predicted molar refractivity (Wildman–Crippen MR) is 73.2 cm³/mol. The van der Waals surface area contributed by atoms with E-state index in [-0.39, 0.29) is 22.0 Å². The summed E-state index contributed by atoms with van der Waals surface area (Å²) in [7, 11) is 0. The number of aliphatic carboxylic acids is 1. The van der Waals surface area contributed by atoms with Gasteiger partial charge in [-0.25, -0.2) is 14.5 Å². The van der Waals surface area contributed by atoms with Crippen molar-refractivity contribution in [1.29, 1.82) is 0 Å². The average Bonchev–Trinajstić information content (AvgIpc) is 2.86. The van der Waals surface area contributed by atoms with Crippen molar-refractivity contribution >= 4 is 23.8 Å². The van der Waals surface area contributed by atoms with E-state index in [1.807, 2.05) is 0 Å². The lowest BCUT2D eigenvalue weighted by atomic mass is 10.1. The molecule has 0 aliphatic heterocycles. The Balaban J connectivity index is 2.46. The van der Waals surface area contributed by atoms with Crippen LogP contribution in [0.15, 0.2) is 24.5 Å². The Kier molecular flexibility index (Phi) is 4.23. The van der Waals surface area contributed by atoms with Crippen molar-refractivity contribution in [3.8, 4) is 11.4 Å². The summed E-state index contributed by atoms with van der Waals surface area (Å²) >= 11 is 5.68. The molecule has 0 radical (unpaired) electrons. The summed E-state index contributed by atoms with van der Waals surface area (Å²) in [6.45, 7) is 1.45. The molecule has 0 unspecified atom stereocenters. The Hall–Kier alpha value is -2.35. The minimum Gasteiger partial charge on any atom is -0.478 e. The van der Waals surface area contributed by atoms with Gasteiger partial charge in [0.15, 0.2) is 5.82 Å². The number of aryl methyl sites for hydroxylation is 1. The molecule has 2 aromatic rings. The number of nitrogens with zero attached hydrogens (tertiary/aromatic N) is 3. The molecule has 0 aliphatic rings. The van der Waals surface area contributed by atoms with E-state index in [0.717, 1.165) is 23.0 Å². The Morgan fingerprint density at radius 1 is 1.41 bits per heavy atom. The molecule has 0 fully saturated rings. The highest BCUT2D eigenvalue weighted by molar-refractivity contribution is 6.32. The topological polar surface area (TPSA) is 68.0 Å². The van der Waals surface area contributed by atoms with Crippen LogP contribution in [0.25, 0.3) is 17.6 Å². The number of benzene rings is 1. The number of hydrogen-bond donors (Lipinski definition) is 1. The van der Waals surface area contributed by atoms with Gasteiger partial charge in [-0.2, -0.15) is 13.2 Å². The van der Waals surface area contributed by atoms with Crippen molar-refractivity contribution in [3.63, 3.8) is 0 Å². The van der Waals surface area contributed by atoms with Gasteiger partial charge in [0.25, 0.3) is 0 Å². The van der Waals surface area contributed by atoms with E-state index in [4.69, 9.17) is 16.7 Å². The minimum atomic E-state index is -4.59. The van der Waals surface area contributed by atoms with Gasteiger partial charge in [-0.1, -0.05) is 11.6 Å². The lowest BCUT2D eigenvalue weighted by Crippen LogP contribution is -2.07. The van der Waals surface area contributed by atoms with Crippen molar-refractivity contribution in [2.24, 2.45) is 0 Å². The van der Waals surface area contributed by atoms with Crippen molar-refractivity contribution < 1.29 is 23.1 Å². The van der Waals surface area contributed by atoms with Gasteiger partial charge in [0.2, 0.25) is 0 Å². The van der Waals surface area contributed by atoms with Crippen LogP contribution >= 0.6 is 11.6 Å². The number of carbonyl (C=O) groups is 1. The standard InChI is InChI=1S/C13H9ClF3N3O2/c1-7-4-8(5-9(11(7)14)13(15,16)17)12-18-6-20(19-12)3-2-10(21)22/h2-6H,1H3,(H,21,22)/b3-2-. The van der Waals surface area contributed by atoms with Crippen molar-refractivity contribution in [3.05, 3.63) is 40.7 Å². The van der Waals surface area contributed by atoms with E-state index in [1.54, 1.807) is 0 Å². The molecule has 5 nitrogen and oxygen atoms in total. The Labute approximate surface area is 127 Å². The van der Waals surface area contributed by atoms with E-state index < -0.39 is 17.7 Å². The summed E-state index contributed by atoms with van der Waals surface area (Å²) in [5.74, 6) is -1.15. The van der Waals surface area contributed by atoms with Crippen LogP contribution in [0.5, 0.6) is 0 Å². The maximum atomic E-state index is 12.9. The highest BCUT2D eigenvalue weighted by atomic mass is 35.5. The van der Waals surface area contributed by atoms with Crippen molar-refractivity contribution in [1.82, 2.24) is 14.8 Å². The molecule has 0 aliphatic carbocycles. The quantitative estimate of drug-likeness (QED) is 0.874. The first-order chi connectivity index (χ1) is 10.2. The molecule has 0 bridgehead atoms. The van der Waals surface area contributed by atoms with Gasteiger partial charge in [-0.3, -0.25) is 0 Å². The molecule has 0 saturated carbocycles. The second kappa shape index (κ2) is 5.80. The molecule has 0 amide bonds. The normalized spacial score (nSPS) is 12.0. The van der Waals surface area contributed by atoms with E-state index >= 15 is 0 Å². The molecule has 9 heteroatoms. The molecule has 22 heavy (non-hydrogen) atoms. The van der Waals surface area contributed by atoms with E-state index in [0.29, 0.717) is 0 Å². The van der Waals surface area contributed by atoms with Crippen LogP contribution in [0.4, 0.5) is 13.2 Å². The van der Waals surface area contributed by atoms with Crippen LogP contribution in [0, 0.1) is 6.92 Å². The Morgan fingerprint density at radius 3 is 2.68 bits per heavy atom. The summed E-state index contributed by atoms with van der Waals surface area (Å²) in [6.07, 6.45) is -1.46. The van der Waals surface area contributed by atoms with Crippen LogP contribution in [0.3, 0.4) is 0 Å². The number of alkyl halides is 3. The fourth-order valence-corrected chi connectivity index (χ4v) is 1.94. The summed E-state index contributed by atoms with van der Waals surface area (Å²) in [4.78, 5) is 14.3. The number of rotatable bonds is 3. The summed E-state index contributed by atoms with van der Waals surface area (Å²) in [5, 5.41) is 12.0. The zero-order valence-electron chi connectivity index (χ0n) is 11.1. The highest BCUT2D eigenvalue weighted by Crippen LogP contribution is 2.38. The fourth-order valence-electron chi connectivity index (χ4n) is 1.72. The lowest BCUT2D eigenvalue weighted by Gasteiger charge is -2.12. The van der Waals surface area contributed by atoms with Gasteiger partial charge >= 0.3 is 12.1 Å². The third-order valence-electron chi connectivity index (χ3n) is 2.70. The fraction of sp³-hybridized carbons (Fsp3) is 0.154. The average molecular weight is 332 g/mol.